The average molecular weight is 302 g/mol. The lowest BCUT2D eigenvalue weighted by Crippen LogP contribution is -2.44. The van der Waals surface area contributed by atoms with Gasteiger partial charge in [0.25, 0.3) is 5.91 Å². The number of hydrogen-bond donors (Lipinski definition) is 1. The van der Waals surface area contributed by atoms with Crippen molar-refractivity contribution in [3.8, 4) is 5.75 Å². The van der Waals surface area contributed by atoms with E-state index in [2.05, 4.69) is 12.2 Å². The molecule has 1 spiro atoms. The summed E-state index contributed by atoms with van der Waals surface area (Å²) in [6.45, 7) is 6.77. The zero-order chi connectivity index (χ0) is 15.4. The second-order valence-corrected chi connectivity index (χ2v) is 6.60. The molecule has 2 aliphatic rings. The topological polar surface area (TPSA) is 41.6 Å². The number of amides is 1. The van der Waals surface area contributed by atoms with Gasteiger partial charge in [-0.2, -0.15) is 0 Å². The molecule has 1 aromatic rings. The van der Waals surface area contributed by atoms with Crippen molar-refractivity contribution in [2.45, 2.75) is 32.6 Å². The van der Waals surface area contributed by atoms with Crippen LogP contribution in [0, 0.1) is 5.41 Å². The fraction of sp³-hybridized carbons (Fsp3) is 0.611. The highest BCUT2D eigenvalue weighted by atomic mass is 16.5. The standard InChI is InChI=1S/C18H26N2O2/c1-2-12-22-16-5-3-4-15(13-16)17(21)20-10-7-18(8-11-20)6-9-19-14-18/h3-5,13,19H,2,6-12,14H2,1H3. The van der Waals surface area contributed by atoms with Gasteiger partial charge in [0.15, 0.2) is 0 Å². The Morgan fingerprint density at radius 1 is 1.32 bits per heavy atom. The normalized spacial score (nSPS) is 20.3. The zero-order valence-electron chi connectivity index (χ0n) is 13.4. The van der Waals surface area contributed by atoms with E-state index < -0.39 is 0 Å². The summed E-state index contributed by atoms with van der Waals surface area (Å²) in [6.07, 6.45) is 4.48. The van der Waals surface area contributed by atoms with Crippen molar-refractivity contribution < 1.29 is 9.53 Å². The molecule has 2 aliphatic heterocycles. The van der Waals surface area contributed by atoms with E-state index in [-0.39, 0.29) is 5.91 Å². The van der Waals surface area contributed by atoms with Gasteiger partial charge in [-0.05, 0) is 55.8 Å². The Kier molecular flexibility index (Phi) is 4.67. The molecule has 1 amide bonds. The monoisotopic (exact) mass is 302 g/mol. The minimum absolute atomic E-state index is 0.141. The molecule has 4 heteroatoms. The van der Waals surface area contributed by atoms with E-state index in [9.17, 15) is 4.79 Å². The van der Waals surface area contributed by atoms with Crippen molar-refractivity contribution in [1.29, 1.82) is 0 Å². The predicted octanol–water partition coefficient (Wildman–Crippen LogP) is 2.69. The Hall–Kier alpha value is -1.55. The smallest absolute Gasteiger partial charge is 0.253 e. The number of likely N-dealkylation sites (tertiary alicyclic amines) is 1. The van der Waals surface area contributed by atoms with Crippen LogP contribution < -0.4 is 10.1 Å². The average Bonchev–Trinajstić information content (AvgIpc) is 3.01. The number of carbonyl (C=O) groups excluding carboxylic acids is 1. The predicted molar refractivity (Wildman–Crippen MR) is 87.3 cm³/mol. The lowest BCUT2D eigenvalue weighted by molar-refractivity contribution is 0.0607. The maximum absolute atomic E-state index is 12.7. The highest BCUT2D eigenvalue weighted by molar-refractivity contribution is 5.94. The third kappa shape index (κ3) is 3.27. The summed E-state index contributed by atoms with van der Waals surface area (Å²) in [4.78, 5) is 14.7. The number of carbonyl (C=O) groups is 1. The van der Waals surface area contributed by atoms with Crippen LogP contribution in [0.25, 0.3) is 0 Å². The van der Waals surface area contributed by atoms with Crippen LogP contribution in [0.3, 0.4) is 0 Å². The summed E-state index contributed by atoms with van der Waals surface area (Å²) < 4.78 is 5.63. The number of rotatable bonds is 4. The van der Waals surface area contributed by atoms with E-state index in [1.807, 2.05) is 29.2 Å². The largest absolute Gasteiger partial charge is 0.494 e. The molecule has 120 valence electrons. The van der Waals surface area contributed by atoms with Crippen LogP contribution in [0.15, 0.2) is 24.3 Å². The maximum atomic E-state index is 12.7. The summed E-state index contributed by atoms with van der Waals surface area (Å²) in [5.74, 6) is 0.934. The van der Waals surface area contributed by atoms with Crippen molar-refractivity contribution in [2.75, 3.05) is 32.8 Å². The second-order valence-electron chi connectivity index (χ2n) is 6.60. The molecule has 1 N–H and O–H groups in total. The van der Waals surface area contributed by atoms with Crippen molar-refractivity contribution in [2.24, 2.45) is 5.41 Å². The first-order valence-electron chi connectivity index (χ1n) is 8.45. The Balaban J connectivity index is 1.62. The van der Waals surface area contributed by atoms with Gasteiger partial charge in [0.2, 0.25) is 0 Å². The van der Waals surface area contributed by atoms with Crippen LogP contribution in [0.2, 0.25) is 0 Å². The van der Waals surface area contributed by atoms with E-state index in [0.717, 1.165) is 56.8 Å². The number of hydrogen-bond acceptors (Lipinski definition) is 3. The molecular weight excluding hydrogens is 276 g/mol. The zero-order valence-corrected chi connectivity index (χ0v) is 13.4. The number of piperidine rings is 1. The first-order chi connectivity index (χ1) is 10.7. The molecule has 0 unspecified atom stereocenters. The molecule has 1 aromatic carbocycles. The Morgan fingerprint density at radius 3 is 2.82 bits per heavy atom. The lowest BCUT2D eigenvalue weighted by Gasteiger charge is -2.38. The molecule has 4 nitrogen and oxygen atoms in total. The Labute approximate surface area is 132 Å². The molecule has 2 fully saturated rings. The number of nitrogens with one attached hydrogen (secondary N) is 1. The van der Waals surface area contributed by atoms with Crippen molar-refractivity contribution >= 4 is 5.91 Å². The van der Waals surface area contributed by atoms with Crippen molar-refractivity contribution in [3.63, 3.8) is 0 Å². The van der Waals surface area contributed by atoms with Gasteiger partial charge in [-0.25, -0.2) is 0 Å². The summed E-state index contributed by atoms with van der Waals surface area (Å²) in [6, 6.07) is 7.59. The third-order valence-corrected chi connectivity index (χ3v) is 5.00. The minimum Gasteiger partial charge on any atom is -0.494 e. The number of ether oxygens (including phenoxy) is 1. The number of nitrogens with zero attached hydrogens (tertiary/aromatic N) is 1. The highest BCUT2D eigenvalue weighted by Gasteiger charge is 2.38. The van der Waals surface area contributed by atoms with Crippen LogP contribution in [0.4, 0.5) is 0 Å². The Bertz CT molecular complexity index is 514. The highest BCUT2D eigenvalue weighted by Crippen LogP contribution is 2.37. The van der Waals surface area contributed by atoms with Gasteiger partial charge in [0.1, 0.15) is 5.75 Å². The first-order valence-corrected chi connectivity index (χ1v) is 8.45. The van der Waals surface area contributed by atoms with E-state index in [0.29, 0.717) is 12.0 Å². The summed E-state index contributed by atoms with van der Waals surface area (Å²) in [5.41, 5.74) is 1.19. The van der Waals surface area contributed by atoms with Gasteiger partial charge >= 0.3 is 0 Å². The summed E-state index contributed by atoms with van der Waals surface area (Å²) >= 11 is 0. The summed E-state index contributed by atoms with van der Waals surface area (Å²) in [5, 5.41) is 3.47. The molecule has 22 heavy (non-hydrogen) atoms. The van der Waals surface area contributed by atoms with Gasteiger partial charge in [0.05, 0.1) is 6.61 Å². The van der Waals surface area contributed by atoms with Gasteiger partial charge in [-0.3, -0.25) is 4.79 Å². The molecular formula is C18H26N2O2. The fourth-order valence-electron chi connectivity index (χ4n) is 3.53. The molecule has 0 radical (unpaired) electrons. The summed E-state index contributed by atoms with van der Waals surface area (Å²) in [7, 11) is 0. The van der Waals surface area contributed by atoms with Crippen molar-refractivity contribution in [1.82, 2.24) is 10.2 Å². The van der Waals surface area contributed by atoms with E-state index in [1.54, 1.807) is 0 Å². The molecule has 0 saturated carbocycles. The number of benzene rings is 1. The molecule has 0 aromatic heterocycles. The first kappa shape index (κ1) is 15.3. The lowest BCUT2D eigenvalue weighted by atomic mass is 9.78. The minimum atomic E-state index is 0.141. The van der Waals surface area contributed by atoms with Gasteiger partial charge in [-0.15, -0.1) is 0 Å². The van der Waals surface area contributed by atoms with Crippen LogP contribution in [-0.4, -0.2) is 43.6 Å². The molecule has 0 aliphatic carbocycles. The molecule has 2 heterocycles. The van der Waals surface area contributed by atoms with E-state index >= 15 is 0 Å². The second kappa shape index (κ2) is 6.69. The van der Waals surface area contributed by atoms with Gasteiger partial charge in [-0.1, -0.05) is 13.0 Å². The van der Waals surface area contributed by atoms with E-state index in [4.69, 9.17) is 4.74 Å². The van der Waals surface area contributed by atoms with Gasteiger partial charge < -0.3 is 15.0 Å². The van der Waals surface area contributed by atoms with E-state index in [1.165, 1.54) is 6.42 Å². The third-order valence-electron chi connectivity index (χ3n) is 5.00. The van der Waals surface area contributed by atoms with Crippen LogP contribution in [0.5, 0.6) is 5.75 Å². The quantitative estimate of drug-likeness (QED) is 0.930. The van der Waals surface area contributed by atoms with Crippen LogP contribution in [0.1, 0.15) is 43.0 Å². The van der Waals surface area contributed by atoms with Crippen LogP contribution in [-0.2, 0) is 0 Å². The van der Waals surface area contributed by atoms with Crippen LogP contribution >= 0.6 is 0 Å². The molecule has 0 bridgehead atoms. The fourth-order valence-corrected chi connectivity index (χ4v) is 3.53. The SMILES string of the molecule is CCCOc1cccc(C(=O)N2CCC3(CCNC3)CC2)c1. The van der Waals surface area contributed by atoms with Gasteiger partial charge in [0, 0.05) is 25.2 Å². The maximum Gasteiger partial charge on any atom is 0.253 e. The van der Waals surface area contributed by atoms with Crippen molar-refractivity contribution in [3.05, 3.63) is 29.8 Å². The molecule has 0 atom stereocenters. The Morgan fingerprint density at radius 2 is 2.14 bits per heavy atom. The molecule has 2 saturated heterocycles. The molecule has 3 rings (SSSR count).